The molecule has 2 nitrogen and oxygen atoms in total. The van der Waals surface area contributed by atoms with Crippen LogP contribution in [0.4, 0.5) is 0 Å². The second-order valence-corrected chi connectivity index (χ2v) is 4.17. The minimum absolute atomic E-state index is 0.288. The van der Waals surface area contributed by atoms with Crippen molar-refractivity contribution in [2.24, 2.45) is 0 Å². The Morgan fingerprint density at radius 1 is 1.47 bits per heavy atom. The predicted molar refractivity (Wildman–Crippen MR) is 60.4 cm³/mol. The quantitative estimate of drug-likeness (QED) is 0.823. The van der Waals surface area contributed by atoms with Crippen LogP contribution in [0.5, 0.6) is 5.75 Å². The molecule has 0 saturated heterocycles. The zero-order chi connectivity index (χ0) is 10.7. The Morgan fingerprint density at radius 3 is 3.07 bits per heavy atom. The van der Waals surface area contributed by atoms with Crippen LogP contribution in [0.1, 0.15) is 36.3 Å². The molecule has 2 heteroatoms. The fourth-order valence-electron chi connectivity index (χ4n) is 2.47. The molecule has 0 aromatic heterocycles. The lowest BCUT2D eigenvalue weighted by Gasteiger charge is -2.25. The SMILES string of the molecule is COc1ccc2c(c1)CCCC2CCO. The van der Waals surface area contributed by atoms with Crippen molar-refractivity contribution in [3.05, 3.63) is 29.3 Å². The van der Waals surface area contributed by atoms with E-state index in [1.807, 2.05) is 6.07 Å². The van der Waals surface area contributed by atoms with Gasteiger partial charge in [-0.15, -0.1) is 0 Å². The Labute approximate surface area is 90.9 Å². The van der Waals surface area contributed by atoms with Crippen molar-refractivity contribution in [2.45, 2.75) is 31.6 Å². The lowest BCUT2D eigenvalue weighted by atomic mass is 9.81. The monoisotopic (exact) mass is 206 g/mol. The first-order chi connectivity index (χ1) is 7.35. The summed E-state index contributed by atoms with van der Waals surface area (Å²) in [6.07, 6.45) is 4.47. The van der Waals surface area contributed by atoms with Crippen molar-refractivity contribution in [1.29, 1.82) is 0 Å². The molecule has 0 spiro atoms. The van der Waals surface area contributed by atoms with E-state index in [1.54, 1.807) is 7.11 Å². The van der Waals surface area contributed by atoms with Crippen LogP contribution < -0.4 is 4.74 Å². The summed E-state index contributed by atoms with van der Waals surface area (Å²) in [5, 5.41) is 9.02. The molecule has 1 unspecified atom stereocenters. The third kappa shape index (κ3) is 2.15. The van der Waals surface area contributed by atoms with Gasteiger partial charge in [0.05, 0.1) is 7.11 Å². The van der Waals surface area contributed by atoms with Gasteiger partial charge in [-0.1, -0.05) is 6.07 Å². The summed E-state index contributed by atoms with van der Waals surface area (Å²) in [5.41, 5.74) is 2.81. The van der Waals surface area contributed by atoms with Gasteiger partial charge in [0.25, 0.3) is 0 Å². The average Bonchev–Trinajstić information content (AvgIpc) is 2.29. The van der Waals surface area contributed by atoms with Crippen LogP contribution in [0, 0.1) is 0 Å². The summed E-state index contributed by atoms with van der Waals surface area (Å²) in [5.74, 6) is 1.49. The number of aliphatic hydroxyl groups excluding tert-OH is 1. The van der Waals surface area contributed by atoms with E-state index in [-0.39, 0.29) is 6.61 Å². The smallest absolute Gasteiger partial charge is 0.119 e. The average molecular weight is 206 g/mol. The lowest BCUT2D eigenvalue weighted by Crippen LogP contribution is -2.11. The summed E-state index contributed by atoms with van der Waals surface area (Å²) in [6.45, 7) is 0.288. The fourth-order valence-corrected chi connectivity index (χ4v) is 2.47. The molecule has 0 heterocycles. The molecule has 1 aromatic carbocycles. The summed E-state index contributed by atoms with van der Waals surface area (Å²) in [4.78, 5) is 0. The molecule has 1 atom stereocenters. The Bertz CT molecular complexity index is 333. The zero-order valence-electron chi connectivity index (χ0n) is 9.20. The Balaban J connectivity index is 2.28. The third-order valence-corrected chi connectivity index (χ3v) is 3.27. The number of methoxy groups -OCH3 is 1. The van der Waals surface area contributed by atoms with Crippen molar-refractivity contribution >= 4 is 0 Å². The van der Waals surface area contributed by atoms with E-state index in [0.29, 0.717) is 5.92 Å². The highest BCUT2D eigenvalue weighted by Crippen LogP contribution is 2.35. The van der Waals surface area contributed by atoms with E-state index in [1.165, 1.54) is 24.0 Å². The molecule has 2 rings (SSSR count). The lowest BCUT2D eigenvalue weighted by molar-refractivity contribution is 0.269. The van der Waals surface area contributed by atoms with Crippen LogP contribution in [-0.4, -0.2) is 18.8 Å². The summed E-state index contributed by atoms with van der Waals surface area (Å²) in [6, 6.07) is 6.32. The van der Waals surface area contributed by atoms with Crippen LogP contribution in [0.25, 0.3) is 0 Å². The molecular weight excluding hydrogens is 188 g/mol. The molecule has 0 saturated carbocycles. The maximum atomic E-state index is 9.02. The highest BCUT2D eigenvalue weighted by molar-refractivity contribution is 5.39. The number of hydrogen-bond acceptors (Lipinski definition) is 2. The normalized spacial score (nSPS) is 19.7. The van der Waals surface area contributed by atoms with Gasteiger partial charge in [-0.2, -0.15) is 0 Å². The van der Waals surface area contributed by atoms with Crippen molar-refractivity contribution in [3.8, 4) is 5.75 Å². The van der Waals surface area contributed by atoms with E-state index in [0.717, 1.165) is 18.6 Å². The minimum atomic E-state index is 0.288. The zero-order valence-corrected chi connectivity index (χ0v) is 9.20. The van der Waals surface area contributed by atoms with Gasteiger partial charge in [0.2, 0.25) is 0 Å². The van der Waals surface area contributed by atoms with E-state index >= 15 is 0 Å². The molecule has 82 valence electrons. The summed E-state index contributed by atoms with van der Waals surface area (Å²) in [7, 11) is 1.70. The van der Waals surface area contributed by atoms with E-state index in [2.05, 4.69) is 12.1 Å². The van der Waals surface area contributed by atoms with Gasteiger partial charge in [-0.25, -0.2) is 0 Å². The Kier molecular flexibility index (Phi) is 3.27. The summed E-state index contributed by atoms with van der Waals surface area (Å²) >= 11 is 0. The third-order valence-electron chi connectivity index (χ3n) is 3.27. The second kappa shape index (κ2) is 4.67. The number of aliphatic hydroxyl groups is 1. The molecule has 1 aliphatic rings. The number of hydrogen-bond donors (Lipinski definition) is 1. The van der Waals surface area contributed by atoms with Crippen LogP contribution >= 0.6 is 0 Å². The first-order valence-corrected chi connectivity index (χ1v) is 5.63. The first kappa shape index (κ1) is 10.5. The molecule has 0 bridgehead atoms. The van der Waals surface area contributed by atoms with E-state index < -0.39 is 0 Å². The standard InChI is InChI=1S/C13H18O2/c1-15-12-5-6-13-10(7-8-14)3-2-4-11(13)9-12/h5-6,9-10,14H,2-4,7-8H2,1H3. The molecule has 0 amide bonds. The first-order valence-electron chi connectivity index (χ1n) is 5.63. The highest BCUT2D eigenvalue weighted by atomic mass is 16.5. The fraction of sp³-hybridized carbons (Fsp3) is 0.538. The number of fused-ring (bicyclic) bond motifs is 1. The number of rotatable bonds is 3. The topological polar surface area (TPSA) is 29.5 Å². The van der Waals surface area contributed by atoms with Gasteiger partial charge in [0, 0.05) is 6.61 Å². The number of aryl methyl sites for hydroxylation is 1. The maximum absolute atomic E-state index is 9.02. The minimum Gasteiger partial charge on any atom is -0.497 e. The second-order valence-electron chi connectivity index (χ2n) is 4.17. The Hall–Kier alpha value is -1.02. The predicted octanol–water partition coefficient (Wildman–Crippen LogP) is 2.50. The molecular formula is C13H18O2. The van der Waals surface area contributed by atoms with Gasteiger partial charge in [-0.05, 0) is 54.9 Å². The Morgan fingerprint density at radius 2 is 2.33 bits per heavy atom. The van der Waals surface area contributed by atoms with Crippen LogP contribution in [-0.2, 0) is 6.42 Å². The van der Waals surface area contributed by atoms with E-state index in [4.69, 9.17) is 9.84 Å². The van der Waals surface area contributed by atoms with Gasteiger partial charge in [0.1, 0.15) is 5.75 Å². The van der Waals surface area contributed by atoms with Crippen LogP contribution in [0.3, 0.4) is 0 Å². The molecule has 0 fully saturated rings. The van der Waals surface area contributed by atoms with Crippen LogP contribution in [0.2, 0.25) is 0 Å². The van der Waals surface area contributed by atoms with E-state index in [9.17, 15) is 0 Å². The molecule has 1 N–H and O–H groups in total. The largest absolute Gasteiger partial charge is 0.497 e. The maximum Gasteiger partial charge on any atom is 0.119 e. The molecule has 1 aliphatic carbocycles. The molecule has 1 aromatic rings. The van der Waals surface area contributed by atoms with Crippen molar-refractivity contribution in [1.82, 2.24) is 0 Å². The van der Waals surface area contributed by atoms with Gasteiger partial charge in [-0.3, -0.25) is 0 Å². The summed E-state index contributed by atoms with van der Waals surface area (Å²) < 4.78 is 5.23. The molecule has 0 radical (unpaired) electrons. The van der Waals surface area contributed by atoms with Gasteiger partial charge < -0.3 is 9.84 Å². The number of ether oxygens (including phenoxy) is 1. The van der Waals surface area contributed by atoms with Gasteiger partial charge >= 0.3 is 0 Å². The molecule has 15 heavy (non-hydrogen) atoms. The van der Waals surface area contributed by atoms with Crippen molar-refractivity contribution in [3.63, 3.8) is 0 Å². The molecule has 0 aliphatic heterocycles. The van der Waals surface area contributed by atoms with Crippen molar-refractivity contribution < 1.29 is 9.84 Å². The van der Waals surface area contributed by atoms with Crippen LogP contribution in [0.15, 0.2) is 18.2 Å². The van der Waals surface area contributed by atoms with Crippen molar-refractivity contribution in [2.75, 3.05) is 13.7 Å². The number of benzene rings is 1. The highest BCUT2D eigenvalue weighted by Gasteiger charge is 2.19. The van der Waals surface area contributed by atoms with Gasteiger partial charge in [0.15, 0.2) is 0 Å².